The van der Waals surface area contributed by atoms with Crippen LogP contribution in [0.2, 0.25) is 0 Å². The van der Waals surface area contributed by atoms with Gasteiger partial charge in [-0.05, 0) is 62.6 Å². The molecule has 0 spiro atoms. The number of pyridine rings is 2. The Labute approximate surface area is 182 Å². The van der Waals surface area contributed by atoms with Crippen molar-refractivity contribution in [3.8, 4) is 0 Å². The Hall–Kier alpha value is -3.48. The number of likely N-dealkylation sites (tertiary alicyclic amines) is 1. The average molecular weight is 417 g/mol. The van der Waals surface area contributed by atoms with Gasteiger partial charge < -0.3 is 10.2 Å². The lowest BCUT2D eigenvalue weighted by Gasteiger charge is -2.32. The summed E-state index contributed by atoms with van der Waals surface area (Å²) in [5.74, 6) is 1.09. The van der Waals surface area contributed by atoms with Crippen LogP contribution in [0, 0.1) is 13.8 Å². The first kappa shape index (κ1) is 20.8. The lowest BCUT2D eigenvalue weighted by molar-refractivity contribution is -0.127. The number of hydrogen-bond donors (Lipinski definition) is 1. The molecule has 0 aliphatic carbocycles. The topological polar surface area (TPSA) is 75.9 Å². The van der Waals surface area contributed by atoms with Crippen molar-refractivity contribution in [3.63, 3.8) is 0 Å². The fourth-order valence-corrected chi connectivity index (χ4v) is 3.96. The van der Waals surface area contributed by atoms with Crippen molar-refractivity contribution in [2.75, 3.05) is 18.4 Å². The van der Waals surface area contributed by atoms with Gasteiger partial charge in [0.05, 0.1) is 5.69 Å². The lowest BCUT2D eigenvalue weighted by atomic mass is 9.93. The quantitative estimate of drug-likeness (QED) is 0.637. The molecule has 0 unspecified atom stereocenters. The molecule has 7 nitrogen and oxygen atoms in total. The predicted octanol–water partition coefficient (Wildman–Crippen LogP) is 3.99. The summed E-state index contributed by atoms with van der Waals surface area (Å²) in [5.41, 5.74) is 4.94. The molecular formula is C24H28N6O. The van der Waals surface area contributed by atoms with E-state index in [1.807, 2.05) is 56.1 Å². The molecular weight excluding hydrogens is 388 g/mol. The Morgan fingerprint density at radius 2 is 2.10 bits per heavy atom. The number of anilines is 2. The molecule has 4 heterocycles. The Morgan fingerprint density at radius 1 is 1.23 bits per heavy atom. The SMILES string of the molecule is Cc1cc(Nc2ncccc2C)cc([C@H]2CCCN(C(=O)/C=C/c3ccnn3C)C2)n1. The van der Waals surface area contributed by atoms with Gasteiger partial charge in [-0.25, -0.2) is 4.98 Å². The second-order valence-electron chi connectivity index (χ2n) is 8.05. The number of nitrogens with one attached hydrogen (secondary N) is 1. The summed E-state index contributed by atoms with van der Waals surface area (Å²) in [6, 6.07) is 9.97. The van der Waals surface area contributed by atoms with E-state index in [2.05, 4.69) is 21.5 Å². The van der Waals surface area contributed by atoms with Gasteiger partial charge in [0.15, 0.2) is 0 Å². The lowest BCUT2D eigenvalue weighted by Crippen LogP contribution is -2.38. The number of carbonyl (C=O) groups is 1. The summed E-state index contributed by atoms with van der Waals surface area (Å²) in [6.45, 7) is 5.48. The van der Waals surface area contributed by atoms with Crippen LogP contribution < -0.4 is 5.32 Å². The molecule has 3 aromatic heterocycles. The third-order valence-electron chi connectivity index (χ3n) is 5.65. The van der Waals surface area contributed by atoms with Crippen molar-refractivity contribution in [1.82, 2.24) is 24.6 Å². The summed E-state index contributed by atoms with van der Waals surface area (Å²) in [4.78, 5) is 23.9. The second-order valence-corrected chi connectivity index (χ2v) is 8.05. The van der Waals surface area contributed by atoms with E-state index < -0.39 is 0 Å². The molecule has 31 heavy (non-hydrogen) atoms. The van der Waals surface area contributed by atoms with Gasteiger partial charge in [0.2, 0.25) is 5.91 Å². The van der Waals surface area contributed by atoms with E-state index >= 15 is 0 Å². The first-order chi connectivity index (χ1) is 15.0. The summed E-state index contributed by atoms with van der Waals surface area (Å²) in [6.07, 6.45) is 8.96. The van der Waals surface area contributed by atoms with E-state index in [-0.39, 0.29) is 11.8 Å². The average Bonchev–Trinajstić information content (AvgIpc) is 3.18. The van der Waals surface area contributed by atoms with Gasteiger partial charge in [-0.1, -0.05) is 6.07 Å². The molecule has 3 aromatic rings. The molecule has 1 N–H and O–H groups in total. The van der Waals surface area contributed by atoms with Crippen LogP contribution in [-0.4, -0.2) is 43.6 Å². The third kappa shape index (κ3) is 4.99. The van der Waals surface area contributed by atoms with Crippen molar-refractivity contribution in [3.05, 3.63) is 71.4 Å². The summed E-state index contributed by atoms with van der Waals surface area (Å²) in [7, 11) is 1.86. The van der Waals surface area contributed by atoms with Crippen LogP contribution in [0.25, 0.3) is 6.08 Å². The van der Waals surface area contributed by atoms with Crippen molar-refractivity contribution >= 4 is 23.5 Å². The maximum Gasteiger partial charge on any atom is 0.246 e. The number of aromatic nitrogens is 4. The fraction of sp³-hybridized carbons (Fsp3) is 0.333. The minimum Gasteiger partial charge on any atom is -0.340 e. The number of piperidine rings is 1. The van der Waals surface area contributed by atoms with E-state index in [0.29, 0.717) is 6.54 Å². The van der Waals surface area contributed by atoms with Gasteiger partial charge >= 0.3 is 0 Å². The number of hydrogen-bond acceptors (Lipinski definition) is 5. The highest BCUT2D eigenvalue weighted by Crippen LogP contribution is 2.29. The zero-order valence-corrected chi connectivity index (χ0v) is 18.2. The second kappa shape index (κ2) is 9.12. The van der Waals surface area contributed by atoms with Gasteiger partial charge in [-0.15, -0.1) is 0 Å². The molecule has 7 heteroatoms. The van der Waals surface area contributed by atoms with Gasteiger partial charge in [0.25, 0.3) is 0 Å². The van der Waals surface area contributed by atoms with Gasteiger partial charge in [0.1, 0.15) is 5.82 Å². The van der Waals surface area contributed by atoms with Gasteiger partial charge in [-0.2, -0.15) is 5.10 Å². The molecule has 160 valence electrons. The number of carbonyl (C=O) groups excluding carboxylic acids is 1. The summed E-state index contributed by atoms with van der Waals surface area (Å²) in [5, 5.41) is 7.55. The van der Waals surface area contributed by atoms with Crippen molar-refractivity contribution in [1.29, 1.82) is 0 Å². The zero-order valence-electron chi connectivity index (χ0n) is 18.2. The molecule has 1 saturated heterocycles. The normalized spacial score (nSPS) is 16.6. The Balaban J connectivity index is 1.48. The van der Waals surface area contributed by atoms with Crippen LogP contribution in [0.1, 0.15) is 41.4 Å². The number of amides is 1. The van der Waals surface area contributed by atoms with Crippen molar-refractivity contribution in [2.24, 2.45) is 7.05 Å². The highest BCUT2D eigenvalue weighted by atomic mass is 16.2. The monoisotopic (exact) mass is 416 g/mol. The summed E-state index contributed by atoms with van der Waals surface area (Å²) >= 11 is 0. The van der Waals surface area contributed by atoms with Crippen LogP contribution in [-0.2, 0) is 11.8 Å². The standard InChI is InChI=1S/C24H28N6O/c1-17-6-4-11-25-24(17)28-20-14-18(2)27-22(15-20)19-7-5-13-30(16-19)23(31)9-8-21-10-12-26-29(21)3/h4,6,8-12,14-15,19H,5,7,13,16H2,1-3H3,(H,25,27,28)/b9-8+/t19-/m0/s1. The smallest absolute Gasteiger partial charge is 0.246 e. The highest BCUT2D eigenvalue weighted by Gasteiger charge is 2.25. The van der Waals surface area contributed by atoms with Crippen LogP contribution in [0.4, 0.5) is 11.5 Å². The third-order valence-corrected chi connectivity index (χ3v) is 5.65. The fourth-order valence-electron chi connectivity index (χ4n) is 3.96. The van der Waals surface area contributed by atoms with E-state index in [9.17, 15) is 4.79 Å². The van der Waals surface area contributed by atoms with E-state index in [1.165, 1.54) is 0 Å². The van der Waals surface area contributed by atoms with Crippen LogP contribution >= 0.6 is 0 Å². The molecule has 1 amide bonds. The maximum atomic E-state index is 12.8. The molecule has 0 bridgehead atoms. The Bertz CT molecular complexity index is 1100. The molecule has 0 radical (unpaired) electrons. The minimum atomic E-state index is 0.0287. The van der Waals surface area contributed by atoms with Gasteiger partial charge in [-0.3, -0.25) is 14.5 Å². The van der Waals surface area contributed by atoms with E-state index in [1.54, 1.807) is 23.2 Å². The van der Waals surface area contributed by atoms with Crippen molar-refractivity contribution in [2.45, 2.75) is 32.6 Å². The molecule has 1 atom stereocenters. The molecule has 0 saturated carbocycles. The number of nitrogens with zero attached hydrogens (tertiary/aromatic N) is 5. The highest BCUT2D eigenvalue weighted by molar-refractivity contribution is 5.91. The van der Waals surface area contributed by atoms with Crippen LogP contribution in [0.3, 0.4) is 0 Å². The number of aryl methyl sites for hydroxylation is 3. The Kier molecular flexibility index (Phi) is 6.11. The van der Waals surface area contributed by atoms with Crippen molar-refractivity contribution < 1.29 is 4.79 Å². The zero-order chi connectivity index (χ0) is 21.8. The largest absolute Gasteiger partial charge is 0.340 e. The van der Waals surface area contributed by atoms with Crippen LogP contribution in [0.5, 0.6) is 0 Å². The Morgan fingerprint density at radius 3 is 2.87 bits per heavy atom. The molecule has 0 aromatic carbocycles. The molecule has 4 rings (SSSR count). The minimum absolute atomic E-state index is 0.0287. The summed E-state index contributed by atoms with van der Waals surface area (Å²) < 4.78 is 1.75. The van der Waals surface area contributed by atoms with E-state index in [4.69, 9.17) is 4.98 Å². The first-order valence-electron chi connectivity index (χ1n) is 10.6. The maximum absolute atomic E-state index is 12.8. The van der Waals surface area contributed by atoms with E-state index in [0.717, 1.165) is 53.5 Å². The first-order valence-corrected chi connectivity index (χ1v) is 10.6. The predicted molar refractivity (Wildman–Crippen MR) is 122 cm³/mol. The molecule has 1 fully saturated rings. The van der Waals surface area contributed by atoms with Gasteiger partial charge in [0, 0.05) is 61.6 Å². The molecule has 1 aliphatic heterocycles. The number of rotatable bonds is 5. The van der Waals surface area contributed by atoms with Crippen LogP contribution in [0.15, 0.2) is 48.8 Å². The molecule has 1 aliphatic rings.